The van der Waals surface area contributed by atoms with E-state index in [0.29, 0.717) is 0 Å². The van der Waals surface area contributed by atoms with E-state index in [1.807, 2.05) is 17.9 Å². The molecule has 134 valence electrons. The number of likely N-dealkylation sites (N-methyl/N-ethyl adjacent to an activating group) is 1. The Bertz CT molecular complexity index is 1190. The molecule has 4 aromatic rings. The summed E-state index contributed by atoms with van der Waals surface area (Å²) in [5, 5.41) is 6.78. The van der Waals surface area contributed by atoms with Crippen LogP contribution >= 0.6 is 0 Å². The molecule has 4 heteroatoms. The van der Waals surface area contributed by atoms with Gasteiger partial charge in [0.2, 0.25) is 0 Å². The van der Waals surface area contributed by atoms with Gasteiger partial charge in [-0.3, -0.25) is 4.68 Å². The van der Waals surface area contributed by atoms with Gasteiger partial charge in [-0.1, -0.05) is 24.3 Å². The molecule has 2 aromatic carbocycles. The molecule has 0 aliphatic carbocycles. The van der Waals surface area contributed by atoms with Gasteiger partial charge in [-0.25, -0.2) is 4.98 Å². The lowest BCUT2D eigenvalue weighted by molar-refractivity contribution is 0.370. The number of aromatic nitrogens is 3. The minimum Gasteiger partial charge on any atom is -0.302 e. The molecule has 1 aliphatic rings. The number of fused-ring (bicyclic) bond motifs is 2. The molecule has 3 heterocycles. The minimum atomic E-state index is 1.000. The minimum absolute atomic E-state index is 1.000. The van der Waals surface area contributed by atoms with Crippen LogP contribution in [0.25, 0.3) is 38.6 Å². The Hall–Kier alpha value is -2.98. The molecule has 0 unspecified atom stereocenters. The highest BCUT2D eigenvalue weighted by atomic mass is 15.2. The Morgan fingerprint density at radius 2 is 1.67 bits per heavy atom. The molecule has 27 heavy (non-hydrogen) atoms. The number of benzene rings is 2. The molecule has 5 rings (SSSR count). The van der Waals surface area contributed by atoms with Crippen molar-refractivity contribution in [1.82, 2.24) is 19.7 Å². The molecule has 2 aromatic heterocycles. The van der Waals surface area contributed by atoms with Gasteiger partial charge in [0, 0.05) is 42.7 Å². The molecular formula is C23H22N4. The lowest BCUT2D eigenvalue weighted by atomic mass is 9.98. The van der Waals surface area contributed by atoms with E-state index in [-0.39, 0.29) is 0 Å². The van der Waals surface area contributed by atoms with Crippen LogP contribution < -0.4 is 0 Å². The largest absolute Gasteiger partial charge is 0.302 e. The SMILES string of the molecule is CN1CC=C(c2ccc3nc(-c4ccc5nn(C)cc5c4)ccc3c2)CC1. The summed E-state index contributed by atoms with van der Waals surface area (Å²) < 4.78 is 1.85. The zero-order valence-electron chi connectivity index (χ0n) is 15.7. The smallest absolute Gasteiger partial charge is 0.0923 e. The molecule has 1 aliphatic heterocycles. The van der Waals surface area contributed by atoms with Crippen molar-refractivity contribution in [1.29, 1.82) is 0 Å². The van der Waals surface area contributed by atoms with Crippen molar-refractivity contribution in [3.63, 3.8) is 0 Å². The average molecular weight is 354 g/mol. The molecule has 0 bridgehead atoms. The number of nitrogens with zero attached hydrogens (tertiary/aromatic N) is 4. The van der Waals surface area contributed by atoms with Crippen LogP contribution in [0.5, 0.6) is 0 Å². The zero-order chi connectivity index (χ0) is 18.4. The summed E-state index contributed by atoms with van der Waals surface area (Å²) in [4.78, 5) is 7.25. The Balaban J connectivity index is 1.52. The molecule has 0 fully saturated rings. The number of rotatable bonds is 2. The summed E-state index contributed by atoms with van der Waals surface area (Å²) >= 11 is 0. The van der Waals surface area contributed by atoms with E-state index in [9.17, 15) is 0 Å². The normalized spacial score (nSPS) is 15.4. The van der Waals surface area contributed by atoms with Gasteiger partial charge in [0.1, 0.15) is 0 Å². The zero-order valence-corrected chi connectivity index (χ0v) is 15.7. The second kappa shape index (κ2) is 6.32. The first kappa shape index (κ1) is 16.2. The Morgan fingerprint density at radius 3 is 2.52 bits per heavy atom. The van der Waals surface area contributed by atoms with Crippen LogP contribution in [0, 0.1) is 0 Å². The third-order valence-corrected chi connectivity index (χ3v) is 5.39. The van der Waals surface area contributed by atoms with E-state index in [2.05, 4.69) is 71.7 Å². The number of hydrogen-bond acceptors (Lipinski definition) is 3. The van der Waals surface area contributed by atoms with Gasteiger partial charge in [-0.2, -0.15) is 5.10 Å². The maximum absolute atomic E-state index is 4.90. The van der Waals surface area contributed by atoms with Gasteiger partial charge >= 0.3 is 0 Å². The summed E-state index contributed by atoms with van der Waals surface area (Å²) in [6, 6.07) is 17.3. The fourth-order valence-electron chi connectivity index (χ4n) is 3.83. The highest BCUT2D eigenvalue weighted by molar-refractivity contribution is 5.88. The van der Waals surface area contributed by atoms with Gasteiger partial charge in [0.15, 0.2) is 0 Å². The molecule has 0 spiro atoms. The standard InChI is InChI=1S/C23H22N4/c1-26-11-9-16(10-12-26)17-3-6-21-18(13-17)4-7-22(24-21)19-5-8-23-20(14-19)15-27(2)25-23/h3-9,13-15H,10-12H2,1-2H3. The maximum atomic E-state index is 4.90. The lowest BCUT2D eigenvalue weighted by Gasteiger charge is -2.22. The summed E-state index contributed by atoms with van der Waals surface area (Å²) in [6.07, 6.45) is 5.50. The van der Waals surface area contributed by atoms with Gasteiger partial charge in [-0.15, -0.1) is 0 Å². The van der Waals surface area contributed by atoms with Crippen molar-refractivity contribution < 1.29 is 0 Å². The first-order valence-corrected chi connectivity index (χ1v) is 9.38. The van der Waals surface area contributed by atoms with Crippen LogP contribution in [0.2, 0.25) is 0 Å². The predicted octanol–water partition coefficient (Wildman–Crippen LogP) is 4.51. The maximum Gasteiger partial charge on any atom is 0.0923 e. The summed E-state index contributed by atoms with van der Waals surface area (Å²) in [6.45, 7) is 2.15. The molecule has 0 amide bonds. The second-order valence-electron chi connectivity index (χ2n) is 7.42. The van der Waals surface area contributed by atoms with Crippen LogP contribution in [0.15, 0.2) is 60.8 Å². The van der Waals surface area contributed by atoms with Crippen molar-refractivity contribution in [2.75, 3.05) is 20.1 Å². The number of aryl methyl sites for hydroxylation is 1. The third-order valence-electron chi connectivity index (χ3n) is 5.39. The molecule has 0 saturated heterocycles. The van der Waals surface area contributed by atoms with Crippen molar-refractivity contribution >= 4 is 27.4 Å². The molecular weight excluding hydrogens is 332 g/mol. The summed E-state index contributed by atoms with van der Waals surface area (Å²) in [5.74, 6) is 0. The summed E-state index contributed by atoms with van der Waals surface area (Å²) in [5.41, 5.74) is 6.94. The fourth-order valence-corrected chi connectivity index (χ4v) is 3.83. The number of hydrogen-bond donors (Lipinski definition) is 0. The Morgan fingerprint density at radius 1 is 0.852 bits per heavy atom. The second-order valence-corrected chi connectivity index (χ2v) is 7.42. The first-order chi connectivity index (χ1) is 13.2. The van der Waals surface area contributed by atoms with E-state index in [0.717, 1.165) is 47.2 Å². The lowest BCUT2D eigenvalue weighted by Crippen LogP contribution is -2.23. The monoisotopic (exact) mass is 354 g/mol. The van der Waals surface area contributed by atoms with Crippen LogP contribution in [0.3, 0.4) is 0 Å². The van der Waals surface area contributed by atoms with E-state index in [1.165, 1.54) is 16.5 Å². The fraction of sp³-hybridized carbons (Fsp3) is 0.217. The molecule has 0 saturated carbocycles. The van der Waals surface area contributed by atoms with Crippen molar-refractivity contribution in [3.8, 4) is 11.3 Å². The molecule has 0 N–H and O–H groups in total. The topological polar surface area (TPSA) is 34.0 Å². The molecule has 0 atom stereocenters. The van der Waals surface area contributed by atoms with Gasteiger partial charge in [0.25, 0.3) is 0 Å². The Labute approximate surface area is 158 Å². The highest BCUT2D eigenvalue weighted by Crippen LogP contribution is 2.28. The molecule has 0 radical (unpaired) electrons. The third kappa shape index (κ3) is 3.02. The van der Waals surface area contributed by atoms with Crippen LogP contribution in [-0.4, -0.2) is 39.8 Å². The van der Waals surface area contributed by atoms with Crippen molar-refractivity contribution in [3.05, 3.63) is 66.4 Å². The van der Waals surface area contributed by atoms with Gasteiger partial charge < -0.3 is 4.90 Å². The van der Waals surface area contributed by atoms with E-state index < -0.39 is 0 Å². The predicted molar refractivity (Wildman–Crippen MR) is 112 cm³/mol. The van der Waals surface area contributed by atoms with Crippen LogP contribution in [0.1, 0.15) is 12.0 Å². The van der Waals surface area contributed by atoms with Crippen LogP contribution in [0.4, 0.5) is 0 Å². The highest BCUT2D eigenvalue weighted by Gasteiger charge is 2.11. The molecule has 4 nitrogen and oxygen atoms in total. The number of pyridine rings is 1. The van der Waals surface area contributed by atoms with E-state index in [1.54, 1.807) is 0 Å². The van der Waals surface area contributed by atoms with E-state index in [4.69, 9.17) is 4.98 Å². The quantitative estimate of drug-likeness (QED) is 0.531. The van der Waals surface area contributed by atoms with E-state index >= 15 is 0 Å². The van der Waals surface area contributed by atoms with Crippen molar-refractivity contribution in [2.45, 2.75) is 6.42 Å². The average Bonchev–Trinajstić information content (AvgIpc) is 3.07. The van der Waals surface area contributed by atoms with Gasteiger partial charge in [0.05, 0.1) is 16.7 Å². The summed E-state index contributed by atoms with van der Waals surface area (Å²) in [7, 11) is 4.12. The Kier molecular flexibility index (Phi) is 3.80. The van der Waals surface area contributed by atoms with Crippen molar-refractivity contribution in [2.24, 2.45) is 7.05 Å². The van der Waals surface area contributed by atoms with Gasteiger partial charge in [-0.05, 0) is 54.9 Å². The van der Waals surface area contributed by atoms with Crippen LogP contribution in [-0.2, 0) is 7.05 Å². The first-order valence-electron chi connectivity index (χ1n) is 9.38.